The van der Waals surface area contributed by atoms with Crippen molar-refractivity contribution in [3.05, 3.63) is 81.7 Å². The number of benzene rings is 2. The molecular weight excluding hydrogens is 541 g/mol. The maximum atomic E-state index is 15.4. The number of hydrogen-bond donors (Lipinski definition) is 2. The van der Waals surface area contributed by atoms with E-state index in [2.05, 4.69) is 29.8 Å². The van der Waals surface area contributed by atoms with Crippen LogP contribution in [0.15, 0.2) is 53.9 Å². The predicted octanol–water partition coefficient (Wildman–Crippen LogP) is 4.80. The number of amides is 3. The predicted molar refractivity (Wildman–Crippen MR) is 157 cm³/mol. The van der Waals surface area contributed by atoms with Gasteiger partial charge >= 0.3 is 0 Å². The minimum absolute atomic E-state index is 0.257. The number of hydrogen-bond acceptors (Lipinski definition) is 5. The monoisotopic (exact) mass is 577 g/mol. The van der Waals surface area contributed by atoms with Crippen LogP contribution in [0.4, 0.5) is 4.39 Å². The lowest BCUT2D eigenvalue weighted by molar-refractivity contribution is -0.144. The summed E-state index contributed by atoms with van der Waals surface area (Å²) in [6.07, 6.45) is -3.45. The average Bonchev–Trinajstić information content (AvgIpc) is 3.59. The zero-order valence-corrected chi connectivity index (χ0v) is 24.7. The quantitative estimate of drug-likeness (QED) is 0.422. The molecule has 3 amide bonds. The fourth-order valence-corrected chi connectivity index (χ4v) is 7.03. The Morgan fingerprint density at radius 1 is 1.07 bits per heavy atom. The molecule has 2 aliphatic heterocycles. The second-order valence-corrected chi connectivity index (χ2v) is 12.4. The van der Waals surface area contributed by atoms with Crippen LogP contribution in [0.5, 0.6) is 0 Å². The molecule has 0 saturated carbocycles. The summed E-state index contributed by atoms with van der Waals surface area (Å²) in [5.74, 6) is -1.78. The Morgan fingerprint density at radius 2 is 1.80 bits per heavy atom. The highest BCUT2D eigenvalue weighted by Crippen LogP contribution is 2.33. The molecule has 3 aromatic rings. The summed E-state index contributed by atoms with van der Waals surface area (Å²) in [5, 5.41) is 15.4. The van der Waals surface area contributed by atoms with Gasteiger partial charge in [0.25, 0.3) is 5.91 Å². The molecule has 0 bridgehead atoms. The van der Waals surface area contributed by atoms with Gasteiger partial charge < -0.3 is 20.2 Å². The first-order valence-electron chi connectivity index (χ1n) is 14.0. The van der Waals surface area contributed by atoms with E-state index in [9.17, 15) is 19.5 Å². The smallest absolute Gasteiger partial charge is 0.255 e. The van der Waals surface area contributed by atoms with Crippen LogP contribution < -0.4 is 5.32 Å². The average molecular weight is 578 g/mol. The number of halogens is 1. The van der Waals surface area contributed by atoms with Crippen LogP contribution in [-0.2, 0) is 16.1 Å². The topological polar surface area (TPSA) is 89.9 Å². The molecule has 5 atom stereocenters. The lowest BCUT2D eigenvalue weighted by atomic mass is 9.97. The van der Waals surface area contributed by atoms with Gasteiger partial charge in [0.2, 0.25) is 11.8 Å². The molecule has 1 saturated heterocycles. The first-order valence-corrected chi connectivity index (χ1v) is 14.8. The lowest BCUT2D eigenvalue weighted by Gasteiger charge is -2.35. The largest absolute Gasteiger partial charge is 0.388 e. The molecule has 1 unspecified atom stereocenters. The van der Waals surface area contributed by atoms with Gasteiger partial charge in [0.1, 0.15) is 18.2 Å². The number of alkyl halides is 1. The van der Waals surface area contributed by atoms with Gasteiger partial charge in [-0.3, -0.25) is 14.4 Å². The maximum absolute atomic E-state index is 15.4. The molecule has 2 N–H and O–H groups in total. The second-order valence-electron chi connectivity index (χ2n) is 11.5. The van der Waals surface area contributed by atoms with Gasteiger partial charge in [-0.05, 0) is 72.0 Å². The Bertz CT molecular complexity index is 1490. The van der Waals surface area contributed by atoms with Crippen molar-refractivity contribution >= 4 is 29.1 Å². The van der Waals surface area contributed by atoms with Gasteiger partial charge in [-0.2, -0.15) is 0 Å². The van der Waals surface area contributed by atoms with Crippen molar-refractivity contribution < 1.29 is 23.9 Å². The lowest BCUT2D eigenvalue weighted by Crippen LogP contribution is -2.56. The van der Waals surface area contributed by atoms with Crippen molar-refractivity contribution in [1.29, 1.82) is 0 Å². The minimum atomic E-state index is -1.95. The van der Waals surface area contributed by atoms with E-state index >= 15 is 4.39 Å². The van der Waals surface area contributed by atoms with Crippen LogP contribution in [0.2, 0.25) is 0 Å². The summed E-state index contributed by atoms with van der Waals surface area (Å²) in [6.45, 7) is 9.43. The molecule has 0 spiro atoms. The number of fused-ring (bicyclic) bond motifs is 1. The molecule has 2 aromatic carbocycles. The first-order chi connectivity index (χ1) is 19.5. The summed E-state index contributed by atoms with van der Waals surface area (Å²) in [5.41, 5.74) is 5.50. The molecule has 216 valence electrons. The Labute approximate surface area is 244 Å². The zero-order valence-electron chi connectivity index (χ0n) is 23.9. The molecule has 0 radical (unpaired) electrons. The number of thiophene rings is 1. The molecule has 9 heteroatoms. The van der Waals surface area contributed by atoms with Crippen molar-refractivity contribution in [2.24, 2.45) is 5.92 Å². The van der Waals surface area contributed by atoms with Crippen molar-refractivity contribution in [3.63, 3.8) is 0 Å². The van der Waals surface area contributed by atoms with E-state index in [-0.39, 0.29) is 24.9 Å². The van der Waals surface area contributed by atoms with Crippen LogP contribution in [-0.4, -0.2) is 63.5 Å². The molecule has 41 heavy (non-hydrogen) atoms. The number of nitrogens with one attached hydrogen (secondary N) is 1. The minimum Gasteiger partial charge on any atom is -0.388 e. The third kappa shape index (κ3) is 5.28. The summed E-state index contributed by atoms with van der Waals surface area (Å²) < 4.78 is 15.4. The van der Waals surface area contributed by atoms with Crippen molar-refractivity contribution in [1.82, 2.24) is 15.1 Å². The highest BCUT2D eigenvalue weighted by Gasteiger charge is 2.51. The number of carbonyl (C=O) groups excluding carboxylic acids is 3. The molecule has 1 fully saturated rings. The second kappa shape index (κ2) is 11.4. The Kier molecular flexibility index (Phi) is 8.03. The summed E-state index contributed by atoms with van der Waals surface area (Å²) in [6, 6.07) is 12.4. The highest BCUT2D eigenvalue weighted by molar-refractivity contribution is 7.13. The highest BCUT2D eigenvalue weighted by atomic mass is 32.1. The standard InChI is InChI=1S/C32H36FN3O4S/c1-17(2)27(35-15-22-8-6-7-9-24(22)31(35)39)32(40)36-16-25(37)26(33)28(36)30(38)34-20(5)23-11-10-21(14-19(23)4)29-18(3)12-13-41-29/h6-14,17,20,25-28,37H,15-16H2,1-5H3,(H,34,38)/t20-,25-,26-,27-,28?/m0/s1. The number of nitrogens with zero attached hydrogens (tertiary/aromatic N) is 2. The number of rotatable bonds is 7. The fraction of sp³-hybridized carbons (Fsp3) is 0.406. The van der Waals surface area contributed by atoms with Gasteiger partial charge in [-0.1, -0.05) is 50.2 Å². The Balaban J connectivity index is 1.35. The Hall–Kier alpha value is -3.56. The molecular formula is C32H36FN3O4S. The van der Waals surface area contributed by atoms with Crippen LogP contribution in [0, 0.1) is 19.8 Å². The van der Waals surface area contributed by atoms with Gasteiger partial charge in [0.05, 0.1) is 12.6 Å². The molecule has 2 aliphatic rings. The zero-order chi connectivity index (χ0) is 29.6. The third-order valence-corrected chi connectivity index (χ3v) is 9.29. The normalized spacial score (nSPS) is 21.8. The molecule has 1 aromatic heterocycles. The number of aryl methyl sites for hydroxylation is 2. The fourth-order valence-electron chi connectivity index (χ4n) is 6.11. The third-order valence-electron chi connectivity index (χ3n) is 8.23. The summed E-state index contributed by atoms with van der Waals surface area (Å²) in [4.78, 5) is 44.5. The molecule has 7 nitrogen and oxygen atoms in total. The number of aliphatic hydroxyl groups excluding tert-OH is 1. The SMILES string of the molecule is Cc1cc(-c2sccc2C)ccc1[C@H](C)NC(=O)C1[C@@H](F)[C@@H](O)CN1C(=O)[C@H](C(C)C)N1Cc2ccccc2C1=O. The van der Waals surface area contributed by atoms with Gasteiger partial charge in [0, 0.05) is 17.0 Å². The molecule has 3 heterocycles. The number of aliphatic hydroxyl groups is 1. The molecule has 0 aliphatic carbocycles. The van der Waals surface area contributed by atoms with Crippen molar-refractivity contribution in [2.45, 2.75) is 71.6 Å². The van der Waals surface area contributed by atoms with E-state index in [4.69, 9.17) is 0 Å². The van der Waals surface area contributed by atoms with Gasteiger partial charge in [-0.25, -0.2) is 4.39 Å². The van der Waals surface area contributed by atoms with Gasteiger partial charge in [-0.15, -0.1) is 11.3 Å². The van der Waals surface area contributed by atoms with Crippen LogP contribution in [0.25, 0.3) is 10.4 Å². The molecule has 5 rings (SSSR count). The number of carbonyl (C=O) groups is 3. The summed E-state index contributed by atoms with van der Waals surface area (Å²) >= 11 is 1.67. The van der Waals surface area contributed by atoms with E-state index in [0.29, 0.717) is 5.56 Å². The van der Waals surface area contributed by atoms with Crippen molar-refractivity contribution in [2.75, 3.05) is 6.54 Å². The van der Waals surface area contributed by atoms with Crippen LogP contribution >= 0.6 is 11.3 Å². The van der Waals surface area contributed by atoms with Gasteiger partial charge in [0.15, 0.2) is 6.17 Å². The first kappa shape index (κ1) is 29.0. The maximum Gasteiger partial charge on any atom is 0.255 e. The summed E-state index contributed by atoms with van der Waals surface area (Å²) in [7, 11) is 0. The number of β-amino-alcohol motifs (C(OH)–C–C–N with tert-alkyl or cyclic N) is 1. The van der Waals surface area contributed by atoms with E-state index in [0.717, 1.165) is 27.2 Å². The van der Waals surface area contributed by atoms with E-state index in [1.54, 1.807) is 23.5 Å². The van der Waals surface area contributed by atoms with Crippen molar-refractivity contribution in [3.8, 4) is 10.4 Å². The number of likely N-dealkylation sites (tertiary alicyclic amines) is 1. The van der Waals surface area contributed by atoms with Crippen LogP contribution in [0.3, 0.4) is 0 Å². The van der Waals surface area contributed by atoms with E-state index in [1.807, 2.05) is 52.0 Å². The van der Waals surface area contributed by atoms with E-state index in [1.165, 1.54) is 15.3 Å². The van der Waals surface area contributed by atoms with E-state index < -0.39 is 42.2 Å². The van der Waals surface area contributed by atoms with Crippen LogP contribution in [0.1, 0.15) is 59.4 Å². The Morgan fingerprint density at radius 3 is 2.44 bits per heavy atom.